The minimum atomic E-state index is -0.888. The maximum atomic E-state index is 10.0. The summed E-state index contributed by atoms with van der Waals surface area (Å²) in [5, 5.41) is 8.26. The molecular weight excluding hydrogens is 168 g/mol. The Morgan fingerprint density at radius 2 is 1.69 bits per heavy atom. The molecule has 0 rings (SSSR count). The van der Waals surface area contributed by atoms with E-state index in [1.807, 2.05) is 0 Å². The molecule has 0 heterocycles. The predicted molar refractivity (Wildman–Crippen MR) is 50.5 cm³/mol. The first-order valence-corrected chi connectivity index (χ1v) is 4.60. The van der Waals surface area contributed by atoms with Gasteiger partial charge in [0.2, 0.25) is 0 Å². The summed E-state index contributed by atoms with van der Waals surface area (Å²) >= 11 is 0. The fourth-order valence-corrected chi connectivity index (χ4v) is 1.03. The molecule has 0 aromatic heterocycles. The maximum Gasteiger partial charge on any atom is 0.327 e. The molecule has 3 heteroatoms. The lowest BCUT2D eigenvalue weighted by molar-refractivity contribution is -0.131. The van der Waals surface area contributed by atoms with Crippen molar-refractivity contribution in [3.05, 3.63) is 12.2 Å². The van der Waals surface area contributed by atoms with Crippen molar-refractivity contribution in [2.75, 3.05) is 0 Å². The Hall–Kier alpha value is -1.12. The molecule has 0 aliphatic rings. The van der Waals surface area contributed by atoms with Crippen LogP contribution in [0.3, 0.4) is 0 Å². The number of aldehydes is 1. The third-order valence-electron chi connectivity index (χ3n) is 1.70. The largest absolute Gasteiger partial charge is 0.478 e. The van der Waals surface area contributed by atoms with Crippen LogP contribution in [0, 0.1) is 0 Å². The highest BCUT2D eigenvalue weighted by Gasteiger charge is 1.89. The zero-order chi connectivity index (χ0) is 9.94. The van der Waals surface area contributed by atoms with Crippen molar-refractivity contribution in [1.82, 2.24) is 0 Å². The van der Waals surface area contributed by atoms with Crippen molar-refractivity contribution in [1.29, 1.82) is 0 Å². The van der Waals surface area contributed by atoms with Crippen LogP contribution in [0.25, 0.3) is 0 Å². The third kappa shape index (κ3) is 10.9. The van der Waals surface area contributed by atoms with Gasteiger partial charge in [-0.3, -0.25) is 0 Å². The van der Waals surface area contributed by atoms with Crippen molar-refractivity contribution < 1.29 is 14.7 Å². The van der Waals surface area contributed by atoms with E-state index in [1.54, 1.807) is 6.08 Å². The normalized spacial score (nSPS) is 10.5. The standard InChI is InChI=1S/C10H16O3/c11-9-7-5-3-1-2-4-6-8-10(12)13/h6,8-9H,1-5,7H2,(H,12,13)/b8-6+. The van der Waals surface area contributed by atoms with Gasteiger partial charge in [0.15, 0.2) is 0 Å². The number of hydrogen-bond donors (Lipinski definition) is 1. The SMILES string of the molecule is O=CCCCCCC/C=C/C(=O)O. The van der Waals surface area contributed by atoms with E-state index in [2.05, 4.69) is 0 Å². The third-order valence-corrected chi connectivity index (χ3v) is 1.70. The van der Waals surface area contributed by atoms with Gasteiger partial charge >= 0.3 is 5.97 Å². The summed E-state index contributed by atoms with van der Waals surface area (Å²) in [5.41, 5.74) is 0. The zero-order valence-corrected chi connectivity index (χ0v) is 7.74. The molecule has 3 nitrogen and oxygen atoms in total. The smallest absolute Gasteiger partial charge is 0.327 e. The molecule has 0 atom stereocenters. The fraction of sp³-hybridized carbons (Fsp3) is 0.600. The quantitative estimate of drug-likeness (QED) is 0.357. The molecule has 0 aromatic carbocycles. The number of carboxylic acid groups (broad SMARTS) is 1. The molecule has 0 saturated heterocycles. The van der Waals surface area contributed by atoms with E-state index in [9.17, 15) is 9.59 Å². The van der Waals surface area contributed by atoms with Gasteiger partial charge in [-0.1, -0.05) is 18.9 Å². The molecule has 0 aliphatic carbocycles. The molecular formula is C10H16O3. The summed E-state index contributed by atoms with van der Waals surface area (Å²) in [6, 6.07) is 0. The molecule has 0 unspecified atom stereocenters. The molecule has 1 N–H and O–H groups in total. The number of carboxylic acids is 1. The molecule has 0 bridgehead atoms. The van der Waals surface area contributed by atoms with Crippen molar-refractivity contribution in [3.63, 3.8) is 0 Å². The first kappa shape index (κ1) is 11.9. The second kappa shape index (κ2) is 8.97. The van der Waals surface area contributed by atoms with Gasteiger partial charge in [0.25, 0.3) is 0 Å². The molecule has 74 valence electrons. The number of carbonyl (C=O) groups excluding carboxylic acids is 1. The van der Waals surface area contributed by atoms with Crippen molar-refractivity contribution in [2.45, 2.75) is 38.5 Å². The van der Waals surface area contributed by atoms with E-state index >= 15 is 0 Å². The molecule has 0 radical (unpaired) electrons. The molecule has 0 aromatic rings. The van der Waals surface area contributed by atoms with Crippen LogP contribution in [0.15, 0.2) is 12.2 Å². The Kier molecular flexibility index (Phi) is 8.20. The van der Waals surface area contributed by atoms with Crippen LogP contribution < -0.4 is 0 Å². The highest BCUT2D eigenvalue weighted by Crippen LogP contribution is 2.04. The lowest BCUT2D eigenvalue weighted by Crippen LogP contribution is -1.85. The number of hydrogen-bond acceptors (Lipinski definition) is 2. The van der Waals surface area contributed by atoms with Gasteiger partial charge in [0.05, 0.1) is 0 Å². The number of unbranched alkanes of at least 4 members (excludes halogenated alkanes) is 5. The summed E-state index contributed by atoms with van der Waals surface area (Å²) in [6.07, 6.45) is 9.31. The van der Waals surface area contributed by atoms with Crippen molar-refractivity contribution >= 4 is 12.3 Å². The highest BCUT2D eigenvalue weighted by atomic mass is 16.4. The lowest BCUT2D eigenvalue weighted by Gasteiger charge is -1.94. The Balaban J connectivity index is 3.07. The van der Waals surface area contributed by atoms with Crippen LogP contribution >= 0.6 is 0 Å². The van der Waals surface area contributed by atoms with Crippen LogP contribution in [0.5, 0.6) is 0 Å². The molecule has 0 fully saturated rings. The Bertz CT molecular complexity index is 173. The van der Waals surface area contributed by atoms with Gasteiger partial charge in [-0.15, -0.1) is 0 Å². The summed E-state index contributed by atoms with van der Waals surface area (Å²) in [5.74, 6) is -0.888. The first-order chi connectivity index (χ1) is 6.27. The average Bonchev–Trinajstić information content (AvgIpc) is 2.09. The van der Waals surface area contributed by atoms with E-state index in [1.165, 1.54) is 6.08 Å². The van der Waals surface area contributed by atoms with Crippen molar-refractivity contribution in [3.8, 4) is 0 Å². The lowest BCUT2D eigenvalue weighted by atomic mass is 10.1. The molecule has 0 amide bonds. The van der Waals surface area contributed by atoms with Gasteiger partial charge in [-0.25, -0.2) is 4.79 Å². The highest BCUT2D eigenvalue weighted by molar-refractivity contribution is 5.79. The molecule has 0 aliphatic heterocycles. The number of aliphatic carboxylic acids is 1. The fourth-order valence-electron chi connectivity index (χ4n) is 1.03. The zero-order valence-electron chi connectivity index (χ0n) is 7.74. The molecule has 0 spiro atoms. The number of allylic oxidation sites excluding steroid dienone is 1. The molecule has 13 heavy (non-hydrogen) atoms. The van der Waals surface area contributed by atoms with Crippen molar-refractivity contribution in [2.24, 2.45) is 0 Å². The Morgan fingerprint density at radius 1 is 1.08 bits per heavy atom. The van der Waals surface area contributed by atoms with Gasteiger partial charge in [-0.2, -0.15) is 0 Å². The first-order valence-electron chi connectivity index (χ1n) is 4.60. The van der Waals surface area contributed by atoms with E-state index in [4.69, 9.17) is 5.11 Å². The van der Waals surface area contributed by atoms with Gasteiger partial charge in [0, 0.05) is 12.5 Å². The summed E-state index contributed by atoms with van der Waals surface area (Å²) in [4.78, 5) is 20.0. The topological polar surface area (TPSA) is 54.4 Å². The van der Waals surface area contributed by atoms with Gasteiger partial charge in [0.1, 0.15) is 6.29 Å². The second-order valence-electron chi connectivity index (χ2n) is 2.90. The van der Waals surface area contributed by atoms with Crippen LogP contribution in [-0.4, -0.2) is 17.4 Å². The van der Waals surface area contributed by atoms with E-state index in [-0.39, 0.29) is 0 Å². The number of carbonyl (C=O) groups is 2. The summed E-state index contributed by atoms with van der Waals surface area (Å²) in [6.45, 7) is 0. The molecule has 0 saturated carbocycles. The monoisotopic (exact) mass is 184 g/mol. The minimum Gasteiger partial charge on any atom is -0.478 e. The van der Waals surface area contributed by atoms with E-state index < -0.39 is 5.97 Å². The van der Waals surface area contributed by atoms with E-state index in [0.29, 0.717) is 6.42 Å². The second-order valence-corrected chi connectivity index (χ2v) is 2.90. The Labute approximate surface area is 78.5 Å². The maximum absolute atomic E-state index is 10.0. The Morgan fingerprint density at radius 3 is 2.23 bits per heavy atom. The van der Waals surface area contributed by atoms with Crippen LogP contribution in [0.4, 0.5) is 0 Å². The summed E-state index contributed by atoms with van der Waals surface area (Å²) < 4.78 is 0. The van der Waals surface area contributed by atoms with E-state index in [0.717, 1.165) is 38.4 Å². The number of rotatable bonds is 8. The average molecular weight is 184 g/mol. The minimum absolute atomic E-state index is 0.644. The van der Waals surface area contributed by atoms with Gasteiger partial charge < -0.3 is 9.90 Å². The predicted octanol–water partition coefficient (Wildman–Crippen LogP) is 2.17. The van der Waals surface area contributed by atoms with Crippen LogP contribution in [-0.2, 0) is 9.59 Å². The summed E-state index contributed by atoms with van der Waals surface area (Å²) in [7, 11) is 0. The van der Waals surface area contributed by atoms with Crippen LogP contribution in [0.2, 0.25) is 0 Å². The van der Waals surface area contributed by atoms with Crippen LogP contribution in [0.1, 0.15) is 38.5 Å². The van der Waals surface area contributed by atoms with Gasteiger partial charge in [-0.05, 0) is 19.3 Å².